The molecule has 1 aliphatic rings. The topological polar surface area (TPSA) is 58.6 Å². The third kappa shape index (κ3) is 3.12. The Labute approximate surface area is 129 Å². The highest BCUT2D eigenvalue weighted by atomic mass is 16.5. The van der Waals surface area contributed by atoms with Crippen LogP contribution in [0.5, 0.6) is 0 Å². The normalized spacial score (nSPS) is 19.5. The van der Waals surface area contributed by atoms with Crippen LogP contribution >= 0.6 is 0 Å². The van der Waals surface area contributed by atoms with Gasteiger partial charge < -0.3 is 15.2 Å². The van der Waals surface area contributed by atoms with Gasteiger partial charge in [-0.15, -0.1) is 0 Å². The third-order valence-electron chi connectivity index (χ3n) is 4.06. The zero-order valence-electron chi connectivity index (χ0n) is 12.2. The molecule has 2 atom stereocenters. The summed E-state index contributed by atoms with van der Waals surface area (Å²) in [4.78, 5) is 12.0. The van der Waals surface area contributed by atoms with Gasteiger partial charge in [0.1, 0.15) is 6.61 Å². The van der Waals surface area contributed by atoms with Gasteiger partial charge in [0.2, 0.25) is 0 Å². The second kappa shape index (κ2) is 6.62. The highest BCUT2D eigenvalue weighted by Gasteiger charge is 2.33. The van der Waals surface area contributed by atoms with Crippen molar-refractivity contribution in [3.05, 3.63) is 71.3 Å². The lowest BCUT2D eigenvalue weighted by Crippen LogP contribution is -2.33. The molecule has 2 aromatic rings. The highest BCUT2D eigenvalue weighted by molar-refractivity contribution is 5.68. The maximum absolute atomic E-state index is 12.0. The highest BCUT2D eigenvalue weighted by Crippen LogP contribution is 2.35. The van der Waals surface area contributed by atoms with E-state index in [1.165, 1.54) is 5.56 Å². The number of amides is 1. The standard InChI is InChI=1S/C18H19NO3/c20-11-15-10-14-8-4-5-9-16(14)17(15)19-18(21)22-12-13-6-2-1-3-7-13/h1-9,15,17,20H,10-12H2,(H,19,21). The molecule has 0 saturated carbocycles. The number of benzene rings is 2. The fourth-order valence-electron chi connectivity index (χ4n) is 2.94. The zero-order chi connectivity index (χ0) is 15.4. The van der Waals surface area contributed by atoms with E-state index in [1.54, 1.807) is 0 Å². The van der Waals surface area contributed by atoms with Crippen LogP contribution in [0.25, 0.3) is 0 Å². The smallest absolute Gasteiger partial charge is 0.407 e. The number of carbonyl (C=O) groups excluding carboxylic acids is 1. The molecule has 1 amide bonds. The van der Waals surface area contributed by atoms with Crippen molar-refractivity contribution in [3.63, 3.8) is 0 Å². The summed E-state index contributed by atoms with van der Waals surface area (Å²) in [6.45, 7) is 0.281. The molecule has 0 heterocycles. The molecule has 0 saturated heterocycles. The molecule has 1 aliphatic carbocycles. The number of aliphatic hydroxyl groups is 1. The largest absolute Gasteiger partial charge is 0.445 e. The van der Waals surface area contributed by atoms with Gasteiger partial charge in [0.05, 0.1) is 6.04 Å². The summed E-state index contributed by atoms with van der Waals surface area (Å²) >= 11 is 0. The molecule has 2 unspecified atom stereocenters. The first-order valence-electron chi connectivity index (χ1n) is 7.44. The van der Waals surface area contributed by atoms with E-state index in [1.807, 2.05) is 54.6 Å². The lowest BCUT2D eigenvalue weighted by molar-refractivity contribution is 0.127. The van der Waals surface area contributed by atoms with Crippen LogP contribution in [0.3, 0.4) is 0 Å². The number of fused-ring (bicyclic) bond motifs is 1. The molecule has 4 nitrogen and oxygen atoms in total. The number of ether oxygens (including phenoxy) is 1. The third-order valence-corrected chi connectivity index (χ3v) is 4.06. The molecule has 3 rings (SSSR count). The number of carbonyl (C=O) groups is 1. The number of hydrogen-bond donors (Lipinski definition) is 2. The number of rotatable bonds is 4. The van der Waals surface area contributed by atoms with Crippen LogP contribution in [0, 0.1) is 5.92 Å². The van der Waals surface area contributed by atoms with E-state index >= 15 is 0 Å². The van der Waals surface area contributed by atoms with E-state index in [0.29, 0.717) is 0 Å². The van der Waals surface area contributed by atoms with Crippen molar-refractivity contribution >= 4 is 6.09 Å². The van der Waals surface area contributed by atoms with Crippen molar-refractivity contribution in [1.29, 1.82) is 0 Å². The van der Waals surface area contributed by atoms with Crippen LogP contribution in [-0.2, 0) is 17.8 Å². The van der Waals surface area contributed by atoms with E-state index in [9.17, 15) is 9.90 Å². The van der Waals surface area contributed by atoms with Gasteiger partial charge in [0.15, 0.2) is 0 Å². The van der Waals surface area contributed by atoms with Gasteiger partial charge in [0, 0.05) is 12.5 Å². The van der Waals surface area contributed by atoms with Crippen molar-refractivity contribution in [2.45, 2.75) is 19.1 Å². The molecule has 114 valence electrons. The minimum atomic E-state index is -0.455. The molecule has 22 heavy (non-hydrogen) atoms. The van der Waals surface area contributed by atoms with Gasteiger partial charge in [0.25, 0.3) is 0 Å². The molecule has 2 aromatic carbocycles. The van der Waals surface area contributed by atoms with Crippen molar-refractivity contribution in [2.75, 3.05) is 6.61 Å². The fourth-order valence-corrected chi connectivity index (χ4v) is 2.94. The SMILES string of the molecule is O=C(NC1c2ccccc2CC1CO)OCc1ccccc1. The first kappa shape index (κ1) is 14.6. The number of nitrogens with one attached hydrogen (secondary N) is 1. The molecule has 0 spiro atoms. The Morgan fingerprint density at radius 2 is 1.86 bits per heavy atom. The summed E-state index contributed by atoms with van der Waals surface area (Å²) in [5.74, 6) is 0.00155. The van der Waals surface area contributed by atoms with E-state index in [0.717, 1.165) is 17.5 Å². The summed E-state index contributed by atoms with van der Waals surface area (Å²) in [6, 6.07) is 17.3. The lowest BCUT2D eigenvalue weighted by atomic mass is 10.0. The van der Waals surface area contributed by atoms with Gasteiger partial charge in [-0.05, 0) is 23.1 Å². The molecule has 0 bridgehead atoms. The fraction of sp³-hybridized carbons (Fsp3) is 0.278. The summed E-state index contributed by atoms with van der Waals surface area (Å²) in [6.07, 6.45) is 0.319. The van der Waals surface area contributed by atoms with Gasteiger partial charge in [-0.25, -0.2) is 4.79 Å². The van der Waals surface area contributed by atoms with E-state index < -0.39 is 6.09 Å². The molecule has 0 radical (unpaired) electrons. The van der Waals surface area contributed by atoms with Gasteiger partial charge in [-0.1, -0.05) is 54.6 Å². The van der Waals surface area contributed by atoms with Crippen molar-refractivity contribution < 1.29 is 14.6 Å². The molecule has 4 heteroatoms. The lowest BCUT2D eigenvalue weighted by Gasteiger charge is -2.20. The Kier molecular flexibility index (Phi) is 4.39. The predicted molar refractivity (Wildman–Crippen MR) is 83.2 cm³/mol. The van der Waals surface area contributed by atoms with Crippen LogP contribution < -0.4 is 5.32 Å². The molecule has 0 fully saturated rings. The predicted octanol–water partition coefficient (Wildman–Crippen LogP) is 2.82. The maximum atomic E-state index is 12.0. The van der Waals surface area contributed by atoms with Crippen LogP contribution in [0.1, 0.15) is 22.7 Å². The zero-order valence-corrected chi connectivity index (χ0v) is 12.2. The van der Waals surface area contributed by atoms with Crippen molar-refractivity contribution in [3.8, 4) is 0 Å². The van der Waals surface area contributed by atoms with Crippen LogP contribution in [0.15, 0.2) is 54.6 Å². The van der Waals surface area contributed by atoms with Crippen LogP contribution in [0.2, 0.25) is 0 Å². The summed E-state index contributed by atoms with van der Waals surface area (Å²) in [5.41, 5.74) is 3.19. The summed E-state index contributed by atoms with van der Waals surface area (Å²) in [5, 5.41) is 12.4. The second-order valence-electron chi connectivity index (χ2n) is 5.53. The van der Waals surface area contributed by atoms with E-state index in [-0.39, 0.29) is 25.2 Å². The Balaban J connectivity index is 1.63. The number of hydrogen-bond acceptors (Lipinski definition) is 3. The second-order valence-corrected chi connectivity index (χ2v) is 5.53. The molecular formula is C18H19NO3. The Morgan fingerprint density at radius 3 is 2.64 bits per heavy atom. The van der Waals surface area contributed by atoms with Crippen LogP contribution in [0.4, 0.5) is 4.79 Å². The summed E-state index contributed by atoms with van der Waals surface area (Å²) < 4.78 is 5.27. The number of alkyl carbamates (subject to hydrolysis) is 1. The van der Waals surface area contributed by atoms with Crippen LogP contribution in [-0.4, -0.2) is 17.8 Å². The minimum Gasteiger partial charge on any atom is -0.445 e. The van der Waals surface area contributed by atoms with E-state index in [2.05, 4.69) is 5.32 Å². The quantitative estimate of drug-likeness (QED) is 0.912. The Morgan fingerprint density at radius 1 is 1.14 bits per heavy atom. The first-order valence-corrected chi connectivity index (χ1v) is 7.44. The summed E-state index contributed by atoms with van der Waals surface area (Å²) in [7, 11) is 0. The monoisotopic (exact) mass is 297 g/mol. The minimum absolute atomic E-state index is 0.00155. The molecular weight excluding hydrogens is 278 g/mol. The Hall–Kier alpha value is -2.33. The molecule has 0 aliphatic heterocycles. The Bertz CT molecular complexity index is 642. The van der Waals surface area contributed by atoms with Gasteiger partial charge >= 0.3 is 6.09 Å². The van der Waals surface area contributed by atoms with Crippen molar-refractivity contribution in [1.82, 2.24) is 5.32 Å². The average molecular weight is 297 g/mol. The van der Waals surface area contributed by atoms with E-state index in [4.69, 9.17) is 4.74 Å². The molecule has 2 N–H and O–H groups in total. The van der Waals surface area contributed by atoms with Gasteiger partial charge in [-0.2, -0.15) is 0 Å². The van der Waals surface area contributed by atoms with Gasteiger partial charge in [-0.3, -0.25) is 0 Å². The van der Waals surface area contributed by atoms with Crippen molar-refractivity contribution in [2.24, 2.45) is 5.92 Å². The number of aliphatic hydroxyl groups excluding tert-OH is 1. The first-order chi connectivity index (χ1) is 10.8. The average Bonchev–Trinajstić information content (AvgIpc) is 2.92. The maximum Gasteiger partial charge on any atom is 0.407 e. The molecule has 0 aromatic heterocycles.